The molecule has 1 aromatic heterocycles. The molecular weight excluding hydrogens is 270 g/mol. The molecule has 1 aliphatic heterocycles. The Labute approximate surface area is 126 Å². The molecule has 0 radical (unpaired) electrons. The summed E-state index contributed by atoms with van der Waals surface area (Å²) in [6.07, 6.45) is 1.43. The molecule has 0 saturated carbocycles. The minimum Gasteiger partial charge on any atom is -0.383 e. The van der Waals surface area contributed by atoms with E-state index in [0.717, 1.165) is 44.9 Å². The van der Waals surface area contributed by atoms with Gasteiger partial charge in [0, 0.05) is 39.9 Å². The maximum atomic E-state index is 12.2. The van der Waals surface area contributed by atoms with Crippen molar-refractivity contribution in [3.8, 4) is 0 Å². The van der Waals surface area contributed by atoms with Crippen molar-refractivity contribution in [2.75, 3.05) is 46.9 Å². The number of methoxy groups -OCH3 is 1. The largest absolute Gasteiger partial charge is 0.383 e. The quantitative estimate of drug-likeness (QED) is 0.749. The SMILES string of the molecule is COCCN1CC[C@H](CN(C)C(=O)Cc2cc(C)no2)C1. The summed E-state index contributed by atoms with van der Waals surface area (Å²) in [5, 5.41) is 3.81. The number of nitrogens with zero attached hydrogens (tertiary/aromatic N) is 3. The third kappa shape index (κ3) is 4.82. The lowest BCUT2D eigenvalue weighted by atomic mass is 10.1. The first-order chi connectivity index (χ1) is 10.1. The van der Waals surface area contributed by atoms with Crippen LogP contribution in [0.3, 0.4) is 0 Å². The molecule has 0 bridgehead atoms. The second kappa shape index (κ2) is 7.56. The molecule has 6 heteroatoms. The Hall–Kier alpha value is -1.40. The first kappa shape index (κ1) is 16.0. The van der Waals surface area contributed by atoms with Crippen LogP contribution in [0.15, 0.2) is 10.6 Å². The van der Waals surface area contributed by atoms with Crippen LogP contribution in [0, 0.1) is 12.8 Å². The molecule has 0 aliphatic carbocycles. The number of aryl methyl sites for hydroxylation is 1. The zero-order valence-corrected chi connectivity index (χ0v) is 13.2. The molecule has 1 aromatic rings. The van der Waals surface area contributed by atoms with Crippen molar-refractivity contribution in [3.05, 3.63) is 17.5 Å². The number of carbonyl (C=O) groups is 1. The van der Waals surface area contributed by atoms with Crippen LogP contribution in [-0.2, 0) is 16.0 Å². The molecule has 1 aliphatic rings. The fourth-order valence-electron chi connectivity index (χ4n) is 2.76. The van der Waals surface area contributed by atoms with E-state index in [9.17, 15) is 4.79 Å². The van der Waals surface area contributed by atoms with Crippen LogP contribution in [0.5, 0.6) is 0 Å². The zero-order chi connectivity index (χ0) is 15.2. The predicted octanol–water partition coefficient (Wildman–Crippen LogP) is 0.952. The lowest BCUT2D eigenvalue weighted by Gasteiger charge is -2.21. The van der Waals surface area contributed by atoms with Crippen LogP contribution in [0.25, 0.3) is 0 Å². The van der Waals surface area contributed by atoms with Gasteiger partial charge in [-0.3, -0.25) is 4.79 Å². The van der Waals surface area contributed by atoms with Gasteiger partial charge in [0.05, 0.1) is 18.7 Å². The number of aromatic nitrogens is 1. The Morgan fingerprint density at radius 1 is 1.62 bits per heavy atom. The Morgan fingerprint density at radius 2 is 2.43 bits per heavy atom. The van der Waals surface area contributed by atoms with E-state index in [2.05, 4.69) is 10.1 Å². The summed E-state index contributed by atoms with van der Waals surface area (Å²) in [7, 11) is 3.59. The molecule has 1 saturated heterocycles. The number of rotatable bonds is 7. The van der Waals surface area contributed by atoms with Gasteiger partial charge >= 0.3 is 0 Å². The molecule has 2 rings (SSSR count). The van der Waals surface area contributed by atoms with Crippen molar-refractivity contribution >= 4 is 5.91 Å². The van der Waals surface area contributed by atoms with Crippen LogP contribution >= 0.6 is 0 Å². The number of hydrogen-bond donors (Lipinski definition) is 0. The van der Waals surface area contributed by atoms with Gasteiger partial charge in [-0.2, -0.15) is 0 Å². The highest BCUT2D eigenvalue weighted by atomic mass is 16.5. The Morgan fingerprint density at radius 3 is 3.10 bits per heavy atom. The summed E-state index contributed by atoms with van der Waals surface area (Å²) in [5.74, 6) is 1.27. The third-order valence-corrected chi connectivity index (χ3v) is 3.94. The summed E-state index contributed by atoms with van der Waals surface area (Å²) in [6.45, 7) is 6.54. The maximum absolute atomic E-state index is 12.2. The predicted molar refractivity (Wildman–Crippen MR) is 79.0 cm³/mol. The summed E-state index contributed by atoms with van der Waals surface area (Å²) >= 11 is 0. The molecule has 0 aromatic carbocycles. The van der Waals surface area contributed by atoms with E-state index in [-0.39, 0.29) is 12.3 Å². The number of likely N-dealkylation sites (N-methyl/N-ethyl adjacent to an activating group) is 1. The van der Waals surface area contributed by atoms with E-state index in [1.54, 1.807) is 7.11 Å². The van der Waals surface area contributed by atoms with E-state index < -0.39 is 0 Å². The average Bonchev–Trinajstić information content (AvgIpc) is 3.05. The van der Waals surface area contributed by atoms with Gasteiger partial charge in [0.15, 0.2) is 0 Å². The van der Waals surface area contributed by atoms with E-state index >= 15 is 0 Å². The lowest BCUT2D eigenvalue weighted by molar-refractivity contribution is -0.130. The topological polar surface area (TPSA) is 58.8 Å². The van der Waals surface area contributed by atoms with Gasteiger partial charge in [-0.05, 0) is 25.8 Å². The molecule has 1 amide bonds. The monoisotopic (exact) mass is 295 g/mol. The normalized spacial score (nSPS) is 19.1. The highest BCUT2D eigenvalue weighted by Gasteiger charge is 2.24. The van der Waals surface area contributed by atoms with Crippen molar-refractivity contribution < 1.29 is 14.1 Å². The molecule has 6 nitrogen and oxygen atoms in total. The van der Waals surface area contributed by atoms with Gasteiger partial charge in [0.2, 0.25) is 5.91 Å². The van der Waals surface area contributed by atoms with E-state index in [0.29, 0.717) is 11.7 Å². The van der Waals surface area contributed by atoms with Gasteiger partial charge in [-0.1, -0.05) is 5.16 Å². The molecule has 0 unspecified atom stereocenters. The molecule has 2 heterocycles. The fourth-order valence-corrected chi connectivity index (χ4v) is 2.76. The average molecular weight is 295 g/mol. The summed E-state index contributed by atoms with van der Waals surface area (Å²) in [5.41, 5.74) is 0.810. The van der Waals surface area contributed by atoms with Gasteiger partial charge in [0.1, 0.15) is 5.76 Å². The smallest absolute Gasteiger partial charge is 0.230 e. The Balaban J connectivity index is 1.74. The molecule has 0 N–H and O–H groups in total. The Bertz CT molecular complexity index is 461. The number of carbonyl (C=O) groups excluding carboxylic acids is 1. The number of amides is 1. The van der Waals surface area contributed by atoms with Crippen LogP contribution in [-0.4, -0.2) is 67.8 Å². The van der Waals surface area contributed by atoms with E-state index in [4.69, 9.17) is 9.26 Å². The van der Waals surface area contributed by atoms with E-state index in [1.807, 2.05) is 24.9 Å². The highest BCUT2D eigenvalue weighted by Crippen LogP contribution is 2.17. The number of likely N-dealkylation sites (tertiary alicyclic amines) is 1. The van der Waals surface area contributed by atoms with Gasteiger partial charge in [-0.15, -0.1) is 0 Å². The van der Waals surface area contributed by atoms with E-state index in [1.165, 1.54) is 0 Å². The fraction of sp³-hybridized carbons (Fsp3) is 0.733. The van der Waals surface area contributed by atoms with Crippen molar-refractivity contribution in [3.63, 3.8) is 0 Å². The van der Waals surface area contributed by atoms with Crippen LogP contribution < -0.4 is 0 Å². The zero-order valence-electron chi connectivity index (χ0n) is 13.2. The van der Waals surface area contributed by atoms with Crippen molar-refractivity contribution in [1.29, 1.82) is 0 Å². The number of ether oxygens (including phenoxy) is 1. The first-order valence-electron chi connectivity index (χ1n) is 7.46. The summed E-state index contributed by atoms with van der Waals surface area (Å²) < 4.78 is 10.2. The van der Waals surface area contributed by atoms with Gasteiger partial charge in [0.25, 0.3) is 0 Å². The molecule has 21 heavy (non-hydrogen) atoms. The van der Waals surface area contributed by atoms with Gasteiger partial charge in [-0.25, -0.2) is 0 Å². The molecular formula is C15H25N3O3. The number of hydrogen-bond acceptors (Lipinski definition) is 5. The minimum absolute atomic E-state index is 0.0847. The van der Waals surface area contributed by atoms with Crippen molar-refractivity contribution in [1.82, 2.24) is 15.0 Å². The summed E-state index contributed by atoms with van der Waals surface area (Å²) in [6, 6.07) is 1.81. The van der Waals surface area contributed by atoms with Crippen LogP contribution in [0.4, 0.5) is 0 Å². The van der Waals surface area contributed by atoms with Crippen LogP contribution in [0.2, 0.25) is 0 Å². The Kier molecular flexibility index (Phi) is 5.76. The van der Waals surface area contributed by atoms with Crippen LogP contribution in [0.1, 0.15) is 17.9 Å². The van der Waals surface area contributed by atoms with Gasteiger partial charge < -0.3 is 19.1 Å². The third-order valence-electron chi connectivity index (χ3n) is 3.94. The second-order valence-corrected chi connectivity index (χ2v) is 5.83. The van der Waals surface area contributed by atoms with Crippen molar-refractivity contribution in [2.45, 2.75) is 19.8 Å². The molecule has 118 valence electrons. The maximum Gasteiger partial charge on any atom is 0.230 e. The standard InChI is InChI=1S/C15H25N3O3/c1-12-8-14(21-16-12)9-15(19)17(2)10-13-4-5-18(11-13)6-7-20-3/h8,13H,4-7,9-11H2,1-3H3/t13-/m1/s1. The minimum atomic E-state index is 0.0847. The lowest BCUT2D eigenvalue weighted by Crippen LogP contribution is -2.34. The molecule has 1 fully saturated rings. The second-order valence-electron chi connectivity index (χ2n) is 5.83. The van der Waals surface area contributed by atoms with Crippen molar-refractivity contribution in [2.24, 2.45) is 5.92 Å². The highest BCUT2D eigenvalue weighted by molar-refractivity contribution is 5.77. The summed E-state index contributed by atoms with van der Waals surface area (Å²) in [4.78, 5) is 16.4. The molecule has 1 atom stereocenters. The first-order valence-corrected chi connectivity index (χ1v) is 7.46. The molecule has 0 spiro atoms.